The zero-order valence-electron chi connectivity index (χ0n) is 13.3. The first-order valence-electron chi connectivity index (χ1n) is 7.03. The summed E-state index contributed by atoms with van der Waals surface area (Å²) in [5.74, 6) is 0.465. The number of ether oxygens (including phenoxy) is 2. The van der Waals surface area contributed by atoms with Crippen LogP contribution in [0.15, 0.2) is 17.0 Å². The van der Waals surface area contributed by atoms with Crippen molar-refractivity contribution < 1.29 is 17.9 Å². The van der Waals surface area contributed by atoms with Crippen molar-refractivity contribution in [1.82, 2.24) is 9.62 Å². The topological polar surface area (TPSA) is 67.9 Å². The van der Waals surface area contributed by atoms with E-state index >= 15 is 0 Å². The first kappa shape index (κ1) is 19.0. The first-order valence-corrected chi connectivity index (χ1v) is 8.89. The lowest BCUT2D eigenvalue weighted by Gasteiger charge is -2.18. The lowest BCUT2D eigenvalue weighted by Crippen LogP contribution is -2.34. The van der Waals surface area contributed by atoms with Crippen molar-refractivity contribution in [1.29, 1.82) is 0 Å². The Morgan fingerprint density at radius 2 is 1.73 bits per heavy atom. The number of likely N-dealkylation sites (N-methyl/N-ethyl adjacent to an activating group) is 1. The highest BCUT2D eigenvalue weighted by atomic mass is 35.5. The van der Waals surface area contributed by atoms with Crippen LogP contribution in [-0.2, 0) is 10.0 Å². The van der Waals surface area contributed by atoms with Crippen molar-refractivity contribution in [2.45, 2.75) is 18.7 Å². The van der Waals surface area contributed by atoms with Gasteiger partial charge in [-0.2, -0.15) is 0 Å². The molecule has 1 aromatic carbocycles. The number of rotatable bonds is 9. The van der Waals surface area contributed by atoms with Crippen LogP contribution in [0.4, 0.5) is 0 Å². The van der Waals surface area contributed by atoms with E-state index in [1.807, 2.05) is 13.8 Å². The van der Waals surface area contributed by atoms with Gasteiger partial charge in [0.1, 0.15) is 16.4 Å². The average molecular weight is 351 g/mol. The normalized spacial score (nSPS) is 11.7. The van der Waals surface area contributed by atoms with Crippen molar-refractivity contribution in [2.24, 2.45) is 0 Å². The molecule has 0 radical (unpaired) electrons. The second-order valence-electron chi connectivity index (χ2n) is 4.56. The largest absolute Gasteiger partial charge is 0.495 e. The zero-order valence-corrected chi connectivity index (χ0v) is 14.9. The molecule has 0 spiro atoms. The van der Waals surface area contributed by atoms with Crippen molar-refractivity contribution in [3.63, 3.8) is 0 Å². The van der Waals surface area contributed by atoms with Crippen molar-refractivity contribution in [3.05, 3.63) is 17.2 Å². The minimum Gasteiger partial charge on any atom is -0.495 e. The Hall–Kier alpha value is -1.02. The van der Waals surface area contributed by atoms with Gasteiger partial charge in [-0.25, -0.2) is 13.1 Å². The van der Waals surface area contributed by atoms with E-state index in [2.05, 4.69) is 9.62 Å². The van der Waals surface area contributed by atoms with Gasteiger partial charge in [-0.15, -0.1) is 0 Å². The van der Waals surface area contributed by atoms with Crippen LogP contribution >= 0.6 is 11.6 Å². The molecule has 0 aromatic heterocycles. The lowest BCUT2D eigenvalue weighted by atomic mass is 10.3. The molecule has 0 atom stereocenters. The summed E-state index contributed by atoms with van der Waals surface area (Å²) in [6.07, 6.45) is 0. The van der Waals surface area contributed by atoms with Gasteiger partial charge in [0.25, 0.3) is 0 Å². The molecule has 0 saturated carbocycles. The summed E-state index contributed by atoms with van der Waals surface area (Å²) in [6, 6.07) is 2.79. The fraction of sp³-hybridized carbons (Fsp3) is 0.571. The average Bonchev–Trinajstić information content (AvgIpc) is 2.50. The van der Waals surface area contributed by atoms with Crippen LogP contribution in [-0.4, -0.2) is 53.7 Å². The molecule has 0 aliphatic rings. The monoisotopic (exact) mass is 350 g/mol. The summed E-state index contributed by atoms with van der Waals surface area (Å²) in [7, 11) is -0.880. The van der Waals surface area contributed by atoms with E-state index in [0.29, 0.717) is 18.1 Å². The molecule has 6 nitrogen and oxygen atoms in total. The third-order valence-electron chi connectivity index (χ3n) is 3.34. The molecule has 0 aliphatic heterocycles. The van der Waals surface area contributed by atoms with Crippen molar-refractivity contribution in [3.8, 4) is 11.5 Å². The van der Waals surface area contributed by atoms with Crippen LogP contribution in [0, 0.1) is 0 Å². The Labute approximate surface area is 137 Å². The number of hydrogen-bond acceptors (Lipinski definition) is 5. The van der Waals surface area contributed by atoms with Gasteiger partial charge in [-0.05, 0) is 13.1 Å². The van der Waals surface area contributed by atoms with Crippen LogP contribution in [0.1, 0.15) is 13.8 Å². The predicted octanol–water partition coefficient (Wildman–Crippen LogP) is 1.98. The summed E-state index contributed by atoms with van der Waals surface area (Å²) in [5.41, 5.74) is 0. The molecule has 0 saturated heterocycles. The smallest absolute Gasteiger partial charge is 0.244 e. The number of halogens is 1. The fourth-order valence-corrected chi connectivity index (χ4v) is 3.41. The lowest BCUT2D eigenvalue weighted by molar-refractivity contribution is 0.309. The van der Waals surface area contributed by atoms with Gasteiger partial charge in [-0.1, -0.05) is 25.4 Å². The van der Waals surface area contributed by atoms with E-state index in [-0.39, 0.29) is 16.4 Å². The molecular formula is C14H23ClN2O4S. The van der Waals surface area contributed by atoms with E-state index in [0.717, 1.165) is 13.1 Å². The van der Waals surface area contributed by atoms with Crippen LogP contribution in [0.3, 0.4) is 0 Å². The van der Waals surface area contributed by atoms with Crippen molar-refractivity contribution in [2.75, 3.05) is 40.4 Å². The Bertz CT molecular complexity index is 589. The Morgan fingerprint density at radius 1 is 1.14 bits per heavy atom. The predicted molar refractivity (Wildman–Crippen MR) is 87.5 cm³/mol. The van der Waals surface area contributed by atoms with Crippen LogP contribution in [0.25, 0.3) is 0 Å². The molecule has 1 rings (SSSR count). The van der Waals surface area contributed by atoms with Gasteiger partial charge in [-0.3, -0.25) is 0 Å². The number of sulfonamides is 1. The van der Waals surface area contributed by atoms with Gasteiger partial charge in [0.2, 0.25) is 10.0 Å². The van der Waals surface area contributed by atoms with Crippen LogP contribution in [0.2, 0.25) is 5.02 Å². The highest BCUT2D eigenvalue weighted by molar-refractivity contribution is 7.89. The van der Waals surface area contributed by atoms with Crippen molar-refractivity contribution >= 4 is 21.6 Å². The minimum atomic E-state index is -3.70. The summed E-state index contributed by atoms with van der Waals surface area (Å²) in [6.45, 7) is 6.76. The van der Waals surface area contributed by atoms with E-state index in [4.69, 9.17) is 21.1 Å². The highest BCUT2D eigenvalue weighted by Crippen LogP contribution is 2.34. The molecule has 126 valence electrons. The van der Waals surface area contributed by atoms with Gasteiger partial charge >= 0.3 is 0 Å². The van der Waals surface area contributed by atoms with Gasteiger partial charge in [0, 0.05) is 25.2 Å². The van der Waals surface area contributed by atoms with Gasteiger partial charge < -0.3 is 14.4 Å². The molecule has 0 heterocycles. The van der Waals surface area contributed by atoms with E-state index < -0.39 is 10.0 Å². The molecule has 0 bridgehead atoms. The Balaban J connectivity index is 2.97. The van der Waals surface area contributed by atoms with E-state index in [1.165, 1.54) is 26.4 Å². The number of methoxy groups -OCH3 is 2. The fourth-order valence-electron chi connectivity index (χ4n) is 2.00. The summed E-state index contributed by atoms with van der Waals surface area (Å²) < 4.78 is 37.6. The maximum atomic E-state index is 12.4. The van der Waals surface area contributed by atoms with Crippen LogP contribution < -0.4 is 14.2 Å². The molecule has 22 heavy (non-hydrogen) atoms. The summed E-state index contributed by atoms with van der Waals surface area (Å²) >= 11 is 5.99. The molecule has 0 unspecified atom stereocenters. The Kier molecular flexibility index (Phi) is 7.41. The standard InChI is InChI=1S/C14H23ClN2O4S/c1-5-17(6-2)8-7-16-22(18,19)14-10-12(20-3)11(15)9-13(14)21-4/h9-10,16H,5-8H2,1-4H3. The molecule has 0 amide bonds. The molecule has 0 fully saturated rings. The molecule has 8 heteroatoms. The third kappa shape index (κ3) is 4.74. The number of benzene rings is 1. The molecule has 1 aromatic rings. The quantitative estimate of drug-likeness (QED) is 0.737. The third-order valence-corrected chi connectivity index (χ3v) is 5.12. The maximum Gasteiger partial charge on any atom is 0.244 e. The van der Waals surface area contributed by atoms with E-state index in [1.54, 1.807) is 0 Å². The summed E-state index contributed by atoms with van der Waals surface area (Å²) in [5, 5.41) is 0.293. The van der Waals surface area contributed by atoms with Crippen LogP contribution in [0.5, 0.6) is 11.5 Å². The number of hydrogen-bond donors (Lipinski definition) is 1. The summed E-state index contributed by atoms with van der Waals surface area (Å²) in [4.78, 5) is 2.14. The van der Waals surface area contributed by atoms with Gasteiger partial charge in [0.05, 0.1) is 19.2 Å². The second kappa shape index (κ2) is 8.57. The maximum absolute atomic E-state index is 12.4. The first-order chi connectivity index (χ1) is 10.4. The molecule has 1 N–H and O–H groups in total. The van der Waals surface area contributed by atoms with Gasteiger partial charge in [0.15, 0.2) is 0 Å². The molecular weight excluding hydrogens is 328 g/mol. The Morgan fingerprint density at radius 3 is 2.23 bits per heavy atom. The van der Waals surface area contributed by atoms with E-state index in [9.17, 15) is 8.42 Å². The second-order valence-corrected chi connectivity index (χ2v) is 6.70. The number of nitrogens with one attached hydrogen (secondary N) is 1. The number of nitrogens with zero attached hydrogens (tertiary/aromatic N) is 1. The minimum absolute atomic E-state index is 0.01000. The SMILES string of the molecule is CCN(CC)CCNS(=O)(=O)c1cc(OC)c(Cl)cc1OC. The zero-order chi connectivity index (χ0) is 16.8. The molecule has 0 aliphatic carbocycles. The highest BCUT2D eigenvalue weighted by Gasteiger charge is 2.22.